The highest BCUT2D eigenvalue weighted by molar-refractivity contribution is 5.92. The first-order valence-electron chi connectivity index (χ1n) is 9.23. The van der Waals surface area contributed by atoms with Gasteiger partial charge in [-0.3, -0.25) is 4.79 Å². The number of anilines is 1. The second kappa shape index (κ2) is 7.84. The van der Waals surface area contributed by atoms with E-state index in [-0.39, 0.29) is 17.5 Å². The molecule has 6 heteroatoms. The number of benzene rings is 2. The Morgan fingerprint density at radius 3 is 2.64 bits per heavy atom. The largest absolute Gasteiger partial charge is 0.451 e. The summed E-state index contributed by atoms with van der Waals surface area (Å²) in [5, 5.41) is 2.89. The van der Waals surface area contributed by atoms with Crippen LogP contribution >= 0.6 is 0 Å². The molecular weight excluding hydrogens is 362 g/mol. The molecule has 1 aliphatic rings. The monoisotopic (exact) mass is 382 g/mol. The predicted octanol–water partition coefficient (Wildman–Crippen LogP) is 4.48. The molecule has 0 unspecified atom stereocenters. The van der Waals surface area contributed by atoms with E-state index in [9.17, 15) is 13.6 Å². The first kappa shape index (κ1) is 18.2. The van der Waals surface area contributed by atoms with Crippen molar-refractivity contribution in [2.75, 3.05) is 24.5 Å². The second-order valence-electron chi connectivity index (χ2n) is 6.93. The molecule has 4 nitrogen and oxygen atoms in total. The molecule has 1 amide bonds. The van der Waals surface area contributed by atoms with Crippen LogP contribution in [0.3, 0.4) is 0 Å². The highest BCUT2D eigenvalue weighted by Crippen LogP contribution is 2.26. The quantitative estimate of drug-likeness (QED) is 0.708. The van der Waals surface area contributed by atoms with Crippen molar-refractivity contribution in [3.63, 3.8) is 0 Å². The predicted molar refractivity (Wildman–Crippen MR) is 103 cm³/mol. The molecule has 1 N–H and O–H groups in total. The molecule has 0 aliphatic carbocycles. The smallest absolute Gasteiger partial charge is 0.287 e. The van der Waals surface area contributed by atoms with Gasteiger partial charge >= 0.3 is 0 Å². The maximum atomic E-state index is 13.9. The Hall–Kier alpha value is -3.15. The lowest BCUT2D eigenvalue weighted by molar-refractivity contribution is 0.0921. The number of amides is 1. The van der Waals surface area contributed by atoms with Gasteiger partial charge in [-0.15, -0.1) is 0 Å². The third kappa shape index (κ3) is 3.91. The summed E-state index contributed by atoms with van der Waals surface area (Å²) in [5.74, 6) is -0.174. The van der Waals surface area contributed by atoms with Gasteiger partial charge in [0.2, 0.25) is 0 Å². The fraction of sp³-hybridized carbons (Fsp3) is 0.227. The zero-order valence-electron chi connectivity index (χ0n) is 15.2. The maximum Gasteiger partial charge on any atom is 0.287 e. The molecule has 0 saturated carbocycles. The zero-order chi connectivity index (χ0) is 19.5. The van der Waals surface area contributed by atoms with Crippen LogP contribution < -0.4 is 10.2 Å². The normalized spacial score (nSPS) is 16.4. The summed E-state index contributed by atoms with van der Waals surface area (Å²) in [7, 11) is 0. The molecule has 4 rings (SSSR count). The van der Waals surface area contributed by atoms with Gasteiger partial charge in [-0.2, -0.15) is 0 Å². The number of furan rings is 1. The number of hydrogen-bond acceptors (Lipinski definition) is 3. The molecular formula is C22H20F2N2O2. The minimum Gasteiger partial charge on any atom is -0.451 e. The lowest BCUT2D eigenvalue weighted by Gasteiger charge is -2.18. The van der Waals surface area contributed by atoms with E-state index in [1.54, 1.807) is 42.5 Å². The lowest BCUT2D eigenvalue weighted by atomic mass is 10.1. The van der Waals surface area contributed by atoms with E-state index < -0.39 is 5.82 Å². The summed E-state index contributed by atoms with van der Waals surface area (Å²) in [5.41, 5.74) is 1.31. The fourth-order valence-electron chi connectivity index (χ4n) is 3.48. The summed E-state index contributed by atoms with van der Waals surface area (Å²) < 4.78 is 32.4. The molecule has 2 heterocycles. The van der Waals surface area contributed by atoms with Gasteiger partial charge < -0.3 is 14.6 Å². The molecule has 2 aromatic carbocycles. The summed E-state index contributed by atoms with van der Waals surface area (Å²) in [6.07, 6.45) is 0.941. The highest BCUT2D eigenvalue weighted by Gasteiger charge is 2.24. The van der Waals surface area contributed by atoms with Crippen LogP contribution in [0.4, 0.5) is 14.5 Å². The Morgan fingerprint density at radius 2 is 1.86 bits per heavy atom. The summed E-state index contributed by atoms with van der Waals surface area (Å²) >= 11 is 0. The molecule has 1 saturated heterocycles. The van der Waals surface area contributed by atoms with Gasteiger partial charge in [0.05, 0.1) is 5.56 Å². The zero-order valence-corrected chi connectivity index (χ0v) is 15.2. The molecule has 0 spiro atoms. The lowest BCUT2D eigenvalue weighted by Crippen LogP contribution is -2.30. The summed E-state index contributed by atoms with van der Waals surface area (Å²) in [6, 6.07) is 15.9. The van der Waals surface area contributed by atoms with E-state index in [2.05, 4.69) is 10.2 Å². The van der Waals surface area contributed by atoms with Gasteiger partial charge in [0.1, 0.15) is 17.4 Å². The number of nitrogens with zero attached hydrogens (tertiary/aromatic N) is 1. The van der Waals surface area contributed by atoms with E-state index in [0.29, 0.717) is 23.8 Å². The Balaban J connectivity index is 1.33. The second-order valence-corrected chi connectivity index (χ2v) is 6.93. The van der Waals surface area contributed by atoms with E-state index in [0.717, 1.165) is 25.2 Å². The highest BCUT2D eigenvalue weighted by atomic mass is 19.1. The van der Waals surface area contributed by atoms with Gasteiger partial charge in [-0.05, 0) is 60.9 Å². The van der Waals surface area contributed by atoms with Crippen LogP contribution in [0.15, 0.2) is 65.1 Å². The van der Waals surface area contributed by atoms with Gasteiger partial charge in [-0.1, -0.05) is 12.1 Å². The molecule has 3 aromatic rings. The minimum absolute atomic E-state index is 0.159. The van der Waals surface area contributed by atoms with E-state index in [4.69, 9.17) is 4.42 Å². The number of halogens is 2. The maximum absolute atomic E-state index is 13.9. The van der Waals surface area contributed by atoms with Gasteiger partial charge in [0.15, 0.2) is 5.76 Å². The van der Waals surface area contributed by atoms with Gasteiger partial charge in [0, 0.05) is 25.3 Å². The topological polar surface area (TPSA) is 45.5 Å². The van der Waals surface area contributed by atoms with Crippen LogP contribution in [0.1, 0.15) is 17.0 Å². The molecule has 1 aromatic heterocycles. The van der Waals surface area contributed by atoms with Gasteiger partial charge in [0.25, 0.3) is 5.91 Å². The number of carbonyl (C=O) groups excluding carboxylic acids is 1. The summed E-state index contributed by atoms with van der Waals surface area (Å²) in [4.78, 5) is 14.5. The van der Waals surface area contributed by atoms with Crippen molar-refractivity contribution in [2.24, 2.45) is 5.92 Å². The number of nitrogens with one attached hydrogen (secondary N) is 1. The molecule has 1 atom stereocenters. The molecule has 0 radical (unpaired) electrons. The Kier molecular flexibility index (Phi) is 5.10. The van der Waals surface area contributed by atoms with E-state index >= 15 is 0 Å². The first-order valence-corrected chi connectivity index (χ1v) is 9.23. The van der Waals surface area contributed by atoms with Crippen molar-refractivity contribution >= 4 is 11.6 Å². The standard InChI is InChI=1S/C22H20F2N2O2/c23-16-5-7-17(8-6-16)26-12-11-15(14-26)13-25-22(27)21-10-9-20(28-21)18-3-1-2-4-19(18)24/h1-10,15H,11-14H2,(H,25,27)/t15-/m0/s1. The van der Waals surface area contributed by atoms with Crippen molar-refractivity contribution in [1.82, 2.24) is 5.32 Å². The van der Waals surface area contributed by atoms with Crippen LogP contribution in [-0.2, 0) is 0 Å². The number of rotatable bonds is 5. The van der Waals surface area contributed by atoms with Crippen LogP contribution in [0.25, 0.3) is 11.3 Å². The molecule has 1 fully saturated rings. The average Bonchev–Trinajstić information content (AvgIpc) is 3.37. The van der Waals surface area contributed by atoms with Crippen LogP contribution in [0.2, 0.25) is 0 Å². The minimum atomic E-state index is -0.393. The third-order valence-corrected chi connectivity index (χ3v) is 5.00. The average molecular weight is 382 g/mol. The van der Waals surface area contributed by atoms with E-state index in [1.807, 2.05) is 0 Å². The van der Waals surface area contributed by atoms with Crippen molar-refractivity contribution in [3.05, 3.63) is 78.1 Å². The SMILES string of the molecule is O=C(NC[C@@H]1CCN(c2ccc(F)cc2)C1)c1ccc(-c2ccccc2F)o1. The van der Waals surface area contributed by atoms with Crippen molar-refractivity contribution in [2.45, 2.75) is 6.42 Å². The molecule has 0 bridgehead atoms. The van der Waals surface area contributed by atoms with Crippen LogP contribution in [0, 0.1) is 17.6 Å². The Bertz CT molecular complexity index is 969. The van der Waals surface area contributed by atoms with E-state index in [1.165, 1.54) is 18.2 Å². The summed E-state index contributed by atoms with van der Waals surface area (Å²) in [6.45, 7) is 2.18. The number of carbonyl (C=O) groups is 1. The van der Waals surface area contributed by atoms with Crippen molar-refractivity contribution in [3.8, 4) is 11.3 Å². The van der Waals surface area contributed by atoms with Crippen LogP contribution in [0.5, 0.6) is 0 Å². The van der Waals surface area contributed by atoms with Crippen molar-refractivity contribution < 1.29 is 18.0 Å². The first-order chi connectivity index (χ1) is 13.6. The van der Waals surface area contributed by atoms with Gasteiger partial charge in [-0.25, -0.2) is 8.78 Å². The molecule has 144 valence electrons. The fourth-order valence-corrected chi connectivity index (χ4v) is 3.48. The molecule has 28 heavy (non-hydrogen) atoms. The Labute approximate surface area is 161 Å². The molecule has 1 aliphatic heterocycles. The Morgan fingerprint density at radius 1 is 1.07 bits per heavy atom. The number of hydrogen-bond donors (Lipinski definition) is 1. The van der Waals surface area contributed by atoms with Crippen LogP contribution in [-0.4, -0.2) is 25.5 Å². The third-order valence-electron chi connectivity index (χ3n) is 5.00. The van der Waals surface area contributed by atoms with Crippen molar-refractivity contribution in [1.29, 1.82) is 0 Å².